The summed E-state index contributed by atoms with van der Waals surface area (Å²) in [6, 6.07) is 6.96. The largest absolute Gasteiger partial charge is 0.481 e. The summed E-state index contributed by atoms with van der Waals surface area (Å²) < 4.78 is 62.4. The SMILES string of the molecule is CS(=O)(=O)c1ccc(C(=O)NCCCS(=O)Cc2cccc(S(=O)(=O)NC(C=O)CC(=O)O)c2)s1. The second-order valence-corrected chi connectivity index (χ2v) is 14.0. The third-order valence-corrected chi connectivity index (χ3v) is 10.2. The van der Waals surface area contributed by atoms with Crippen molar-refractivity contribution in [3.63, 3.8) is 0 Å². The van der Waals surface area contributed by atoms with Gasteiger partial charge in [-0.25, -0.2) is 21.6 Å². The van der Waals surface area contributed by atoms with Crippen molar-refractivity contribution in [2.24, 2.45) is 0 Å². The maximum atomic E-state index is 12.5. The van der Waals surface area contributed by atoms with E-state index in [1.165, 1.54) is 30.3 Å². The molecule has 0 aliphatic carbocycles. The molecule has 2 unspecified atom stereocenters. The van der Waals surface area contributed by atoms with Gasteiger partial charge in [0.2, 0.25) is 10.0 Å². The molecular formula is C20H24N2O9S4. The summed E-state index contributed by atoms with van der Waals surface area (Å²) >= 11 is 0.862. The first kappa shape index (κ1) is 28.8. The second-order valence-electron chi connectivity index (χ2n) is 7.40. The number of carboxylic acid groups (broad SMARTS) is 1. The van der Waals surface area contributed by atoms with Crippen LogP contribution in [0.15, 0.2) is 45.5 Å². The van der Waals surface area contributed by atoms with Crippen molar-refractivity contribution in [2.75, 3.05) is 18.6 Å². The lowest BCUT2D eigenvalue weighted by Crippen LogP contribution is -2.37. The number of aldehydes is 1. The van der Waals surface area contributed by atoms with Gasteiger partial charge >= 0.3 is 5.97 Å². The Balaban J connectivity index is 1.87. The van der Waals surface area contributed by atoms with E-state index in [1.54, 1.807) is 6.07 Å². The molecule has 0 spiro atoms. The molecule has 0 aliphatic heterocycles. The standard InChI is InChI=1S/C20H24N2O9S4/c1-34(28,29)19-7-6-17(32-19)20(26)21-8-3-9-33(27)13-14-4-2-5-16(10-14)35(30,31)22-15(12-23)11-18(24)25/h2,4-7,10,12,15,22H,3,8-9,11,13H2,1H3,(H,21,26)(H,24,25). The number of sulfonamides is 1. The molecule has 0 saturated carbocycles. The third kappa shape index (κ3) is 9.25. The van der Waals surface area contributed by atoms with Crippen molar-refractivity contribution in [3.05, 3.63) is 46.8 Å². The van der Waals surface area contributed by atoms with E-state index < -0.39 is 55.0 Å². The van der Waals surface area contributed by atoms with Gasteiger partial charge in [-0.15, -0.1) is 11.3 Å². The van der Waals surface area contributed by atoms with Crippen LogP contribution in [0.4, 0.5) is 0 Å². The number of hydrogen-bond donors (Lipinski definition) is 3. The van der Waals surface area contributed by atoms with Crippen LogP contribution in [0.25, 0.3) is 0 Å². The van der Waals surface area contributed by atoms with E-state index in [0.717, 1.165) is 17.6 Å². The molecule has 1 heterocycles. The monoisotopic (exact) mass is 564 g/mol. The molecular weight excluding hydrogens is 540 g/mol. The van der Waals surface area contributed by atoms with Gasteiger partial charge in [-0.3, -0.25) is 13.8 Å². The van der Waals surface area contributed by atoms with Crippen LogP contribution >= 0.6 is 11.3 Å². The highest BCUT2D eigenvalue weighted by molar-refractivity contribution is 7.92. The molecule has 0 fully saturated rings. The molecule has 2 atom stereocenters. The van der Waals surface area contributed by atoms with Crippen LogP contribution in [0.3, 0.4) is 0 Å². The zero-order chi connectivity index (χ0) is 26.2. The van der Waals surface area contributed by atoms with E-state index in [-0.39, 0.29) is 38.3 Å². The molecule has 0 bridgehead atoms. The van der Waals surface area contributed by atoms with Crippen LogP contribution in [0.2, 0.25) is 0 Å². The van der Waals surface area contributed by atoms with Crippen LogP contribution in [0.1, 0.15) is 28.1 Å². The van der Waals surface area contributed by atoms with Gasteiger partial charge < -0.3 is 15.2 Å². The lowest BCUT2D eigenvalue weighted by molar-refractivity contribution is -0.138. The quantitative estimate of drug-likeness (QED) is 0.218. The molecule has 1 amide bonds. The number of thiophene rings is 1. The van der Waals surface area contributed by atoms with Crippen LogP contribution in [0.5, 0.6) is 0 Å². The normalized spacial score (nSPS) is 13.6. The van der Waals surface area contributed by atoms with Crippen LogP contribution in [-0.4, -0.2) is 68.9 Å². The Morgan fingerprint density at radius 3 is 2.49 bits per heavy atom. The molecule has 2 rings (SSSR count). The van der Waals surface area contributed by atoms with E-state index in [0.29, 0.717) is 12.0 Å². The van der Waals surface area contributed by atoms with E-state index >= 15 is 0 Å². The zero-order valence-corrected chi connectivity index (χ0v) is 21.8. The molecule has 15 heteroatoms. The Bertz CT molecular complexity index is 1320. The lowest BCUT2D eigenvalue weighted by Gasteiger charge is -2.12. The maximum Gasteiger partial charge on any atom is 0.305 e. The molecule has 192 valence electrons. The predicted octanol–water partition coefficient (Wildman–Crippen LogP) is 0.541. The van der Waals surface area contributed by atoms with Gasteiger partial charge in [0.05, 0.1) is 22.2 Å². The van der Waals surface area contributed by atoms with Crippen molar-refractivity contribution in [3.8, 4) is 0 Å². The summed E-state index contributed by atoms with van der Waals surface area (Å²) in [6.07, 6.45) is 0.929. The number of aliphatic carboxylic acids is 1. The summed E-state index contributed by atoms with van der Waals surface area (Å²) in [5, 5.41) is 11.4. The number of carboxylic acids is 1. The molecule has 1 aromatic heterocycles. The molecule has 1 aromatic carbocycles. The second kappa shape index (κ2) is 12.5. The molecule has 3 N–H and O–H groups in total. The number of carbonyl (C=O) groups excluding carboxylic acids is 2. The lowest BCUT2D eigenvalue weighted by atomic mass is 10.2. The summed E-state index contributed by atoms with van der Waals surface area (Å²) in [4.78, 5) is 33.9. The zero-order valence-electron chi connectivity index (χ0n) is 18.5. The van der Waals surface area contributed by atoms with E-state index in [1.807, 2.05) is 4.72 Å². The fraction of sp³-hybridized carbons (Fsp3) is 0.350. The summed E-state index contributed by atoms with van der Waals surface area (Å²) in [5.74, 6) is -1.50. The first-order chi connectivity index (χ1) is 16.3. The Morgan fingerprint density at radius 1 is 1.17 bits per heavy atom. The maximum absolute atomic E-state index is 12.5. The fourth-order valence-corrected chi connectivity index (χ4v) is 7.04. The van der Waals surface area contributed by atoms with Gasteiger partial charge in [0, 0.05) is 35.1 Å². The molecule has 0 aliphatic rings. The van der Waals surface area contributed by atoms with Gasteiger partial charge in [0.1, 0.15) is 10.5 Å². The number of amides is 1. The average Bonchev–Trinajstić information content (AvgIpc) is 3.27. The van der Waals surface area contributed by atoms with Gasteiger partial charge in [0.25, 0.3) is 5.91 Å². The van der Waals surface area contributed by atoms with Crippen molar-refractivity contribution >= 4 is 60.2 Å². The predicted molar refractivity (Wildman–Crippen MR) is 130 cm³/mol. The number of hydrogen-bond acceptors (Lipinski definition) is 9. The molecule has 11 nitrogen and oxygen atoms in total. The van der Waals surface area contributed by atoms with Gasteiger partial charge in [-0.2, -0.15) is 0 Å². The number of carbonyl (C=O) groups is 3. The Hall–Kier alpha value is -2.46. The summed E-state index contributed by atoms with van der Waals surface area (Å²) in [7, 11) is -8.93. The topological polar surface area (TPSA) is 181 Å². The number of rotatable bonds is 14. The number of nitrogens with one attached hydrogen (secondary N) is 2. The highest BCUT2D eigenvalue weighted by Crippen LogP contribution is 2.21. The fourth-order valence-electron chi connectivity index (χ4n) is 2.80. The highest BCUT2D eigenvalue weighted by Gasteiger charge is 2.22. The van der Waals surface area contributed by atoms with Gasteiger partial charge in [0.15, 0.2) is 9.84 Å². The Morgan fingerprint density at radius 2 is 1.89 bits per heavy atom. The first-order valence-electron chi connectivity index (χ1n) is 10.0. The van der Waals surface area contributed by atoms with E-state index in [9.17, 15) is 35.4 Å². The van der Waals surface area contributed by atoms with Crippen LogP contribution < -0.4 is 10.0 Å². The molecule has 2 aromatic rings. The van der Waals surface area contributed by atoms with Crippen molar-refractivity contribution in [1.29, 1.82) is 0 Å². The van der Waals surface area contributed by atoms with Gasteiger partial charge in [-0.05, 0) is 36.2 Å². The number of benzene rings is 1. The van der Waals surface area contributed by atoms with Crippen molar-refractivity contribution < 1.29 is 40.5 Å². The molecule has 0 saturated heterocycles. The van der Waals surface area contributed by atoms with E-state index in [2.05, 4.69) is 5.32 Å². The first-order valence-corrected chi connectivity index (χ1v) is 15.7. The van der Waals surface area contributed by atoms with Crippen LogP contribution in [0, 0.1) is 0 Å². The Kier molecular flexibility index (Phi) is 10.3. The van der Waals surface area contributed by atoms with Crippen molar-refractivity contribution in [1.82, 2.24) is 10.0 Å². The summed E-state index contributed by atoms with van der Waals surface area (Å²) in [6.45, 7) is 0.214. The average molecular weight is 565 g/mol. The highest BCUT2D eigenvalue weighted by atomic mass is 32.2. The molecule has 35 heavy (non-hydrogen) atoms. The summed E-state index contributed by atoms with van der Waals surface area (Å²) in [5.41, 5.74) is 0.461. The van der Waals surface area contributed by atoms with Gasteiger partial charge in [-0.1, -0.05) is 12.1 Å². The third-order valence-electron chi connectivity index (χ3n) is 4.41. The van der Waals surface area contributed by atoms with E-state index in [4.69, 9.17) is 5.11 Å². The van der Waals surface area contributed by atoms with Crippen LogP contribution in [-0.2, 0) is 46.0 Å². The minimum atomic E-state index is -4.17. The van der Waals surface area contributed by atoms with Crippen molar-refractivity contribution in [2.45, 2.75) is 33.7 Å². The number of sulfone groups is 1. The minimum absolute atomic E-state index is 0.0478. The molecule has 0 radical (unpaired) electrons. The Labute approximate surface area is 209 Å². The smallest absolute Gasteiger partial charge is 0.305 e. The minimum Gasteiger partial charge on any atom is -0.481 e.